The number of carbonyl (C=O) groups excluding carboxylic acids is 1. The number of anilines is 1. The highest BCUT2D eigenvalue weighted by Gasteiger charge is 2.23. The van der Waals surface area contributed by atoms with Gasteiger partial charge in [0.15, 0.2) is 0 Å². The van der Waals surface area contributed by atoms with E-state index in [2.05, 4.69) is 55.5 Å². The summed E-state index contributed by atoms with van der Waals surface area (Å²) in [5.41, 5.74) is 5.72. The fraction of sp³-hybridized carbons (Fsp3) is 0.467. The molecule has 1 N–H and O–H groups in total. The van der Waals surface area contributed by atoms with Crippen molar-refractivity contribution in [3.05, 3.63) is 70.0 Å². The smallest absolute Gasteiger partial charge is 0.211 e. The molecule has 1 atom stereocenters. The van der Waals surface area contributed by atoms with Crippen molar-refractivity contribution in [2.75, 3.05) is 18.5 Å². The summed E-state index contributed by atoms with van der Waals surface area (Å²) in [5.74, 6) is 1.63. The second kappa shape index (κ2) is 11.2. The second-order valence-corrected chi connectivity index (χ2v) is 11.0. The monoisotopic (exact) mass is 499 g/mol. The number of pyridine rings is 1. The lowest BCUT2D eigenvalue weighted by Gasteiger charge is -2.23. The quantitative estimate of drug-likeness (QED) is 0.431. The molecule has 194 valence electrons. The highest BCUT2D eigenvalue weighted by Crippen LogP contribution is 2.32. The van der Waals surface area contributed by atoms with Gasteiger partial charge in [0, 0.05) is 38.2 Å². The summed E-state index contributed by atoms with van der Waals surface area (Å²) in [6, 6.07) is 14.5. The van der Waals surface area contributed by atoms with Gasteiger partial charge in [0.25, 0.3) is 0 Å². The molecule has 1 unspecified atom stereocenters. The standard InChI is InChI=1S/C30H37N5O2/c1-20(36)15-23(27-17-24(30(2,3)4)10-8-22(27)19-31)16-26-18-28(35(5)34-26)37-14-12-25-11-9-21-7-6-13-32-29(21)33-25/h8-11,17-18,23H,6-7,12-16H2,1-5H3,(H,32,33). The first-order chi connectivity index (χ1) is 17.6. The van der Waals surface area contributed by atoms with Gasteiger partial charge in [0.05, 0.1) is 23.9 Å². The van der Waals surface area contributed by atoms with Crippen LogP contribution in [0.3, 0.4) is 0 Å². The number of ether oxygens (including phenoxy) is 1. The zero-order valence-electron chi connectivity index (χ0n) is 22.6. The van der Waals surface area contributed by atoms with E-state index in [1.165, 1.54) is 5.56 Å². The van der Waals surface area contributed by atoms with Crippen LogP contribution in [0, 0.1) is 11.3 Å². The maximum absolute atomic E-state index is 12.2. The van der Waals surface area contributed by atoms with Gasteiger partial charge in [0.1, 0.15) is 11.6 Å². The van der Waals surface area contributed by atoms with E-state index in [0.29, 0.717) is 37.3 Å². The van der Waals surface area contributed by atoms with Crippen LogP contribution in [0.2, 0.25) is 0 Å². The summed E-state index contributed by atoms with van der Waals surface area (Å²) >= 11 is 0. The van der Waals surface area contributed by atoms with Gasteiger partial charge in [-0.3, -0.25) is 0 Å². The lowest BCUT2D eigenvalue weighted by molar-refractivity contribution is -0.117. The normalized spacial score (nSPS) is 13.8. The Morgan fingerprint density at radius 1 is 1.22 bits per heavy atom. The Balaban J connectivity index is 1.48. The van der Waals surface area contributed by atoms with Crippen LogP contribution in [-0.4, -0.2) is 33.7 Å². The Kier molecular flexibility index (Phi) is 7.97. The number of hydrogen-bond donors (Lipinski definition) is 1. The summed E-state index contributed by atoms with van der Waals surface area (Å²) in [4.78, 5) is 16.9. The van der Waals surface area contributed by atoms with Crippen molar-refractivity contribution in [1.29, 1.82) is 5.26 Å². The van der Waals surface area contributed by atoms with Crippen LogP contribution in [0.1, 0.15) is 80.1 Å². The topological polar surface area (TPSA) is 92.8 Å². The molecule has 0 bridgehead atoms. The predicted molar refractivity (Wildman–Crippen MR) is 145 cm³/mol. The zero-order valence-corrected chi connectivity index (χ0v) is 22.6. The SMILES string of the molecule is CC(=O)CC(Cc1cc(OCCc2ccc3c(n2)NCCC3)n(C)n1)c1cc(C(C)(C)C)ccc1C#N. The molecule has 7 nitrogen and oxygen atoms in total. The van der Waals surface area contributed by atoms with Crippen molar-refractivity contribution < 1.29 is 9.53 Å². The first-order valence-corrected chi connectivity index (χ1v) is 13.1. The minimum absolute atomic E-state index is 0.0571. The van der Waals surface area contributed by atoms with E-state index >= 15 is 0 Å². The molecule has 0 saturated carbocycles. The van der Waals surface area contributed by atoms with E-state index < -0.39 is 0 Å². The van der Waals surface area contributed by atoms with E-state index in [1.807, 2.05) is 25.2 Å². The van der Waals surface area contributed by atoms with Crippen molar-refractivity contribution in [2.24, 2.45) is 7.05 Å². The van der Waals surface area contributed by atoms with E-state index in [1.54, 1.807) is 11.6 Å². The molecule has 3 aromatic rings. The average molecular weight is 500 g/mol. The predicted octanol–water partition coefficient (Wildman–Crippen LogP) is 5.27. The van der Waals surface area contributed by atoms with E-state index in [4.69, 9.17) is 9.72 Å². The van der Waals surface area contributed by atoms with Gasteiger partial charge in [-0.1, -0.05) is 39.0 Å². The molecule has 37 heavy (non-hydrogen) atoms. The second-order valence-electron chi connectivity index (χ2n) is 11.0. The number of fused-ring (bicyclic) bond motifs is 1. The zero-order chi connectivity index (χ0) is 26.6. The number of benzene rings is 1. The van der Waals surface area contributed by atoms with Crippen LogP contribution in [-0.2, 0) is 36.5 Å². The molecule has 0 fully saturated rings. The van der Waals surface area contributed by atoms with Crippen molar-refractivity contribution in [3.8, 4) is 11.9 Å². The number of nitrogens with one attached hydrogen (secondary N) is 1. The third-order valence-corrected chi connectivity index (χ3v) is 6.91. The maximum atomic E-state index is 12.2. The number of nitriles is 1. The Morgan fingerprint density at radius 3 is 2.76 bits per heavy atom. The minimum atomic E-state index is -0.135. The molecule has 7 heteroatoms. The molecule has 0 spiro atoms. The number of Topliss-reactive ketones (excluding diaryl/α,β-unsaturated/α-hetero) is 1. The summed E-state index contributed by atoms with van der Waals surface area (Å²) in [7, 11) is 1.86. The third kappa shape index (κ3) is 6.56. The number of aryl methyl sites for hydroxylation is 2. The van der Waals surface area contributed by atoms with Gasteiger partial charge < -0.3 is 14.8 Å². The molecule has 3 heterocycles. The molecular weight excluding hydrogens is 462 g/mol. The third-order valence-electron chi connectivity index (χ3n) is 6.91. The number of hydrogen-bond acceptors (Lipinski definition) is 6. The average Bonchev–Trinajstić information content (AvgIpc) is 3.21. The van der Waals surface area contributed by atoms with E-state index in [-0.39, 0.29) is 17.1 Å². The number of aromatic nitrogens is 3. The minimum Gasteiger partial charge on any atom is -0.477 e. The van der Waals surface area contributed by atoms with Crippen molar-refractivity contribution >= 4 is 11.6 Å². The Morgan fingerprint density at radius 2 is 2.03 bits per heavy atom. The Bertz CT molecular complexity index is 1310. The molecule has 1 aliphatic heterocycles. The molecule has 4 rings (SSSR count). The van der Waals surface area contributed by atoms with Crippen LogP contribution in [0.15, 0.2) is 36.4 Å². The van der Waals surface area contributed by atoms with Crippen LogP contribution < -0.4 is 10.1 Å². The summed E-state index contributed by atoms with van der Waals surface area (Å²) < 4.78 is 7.80. The molecule has 0 aliphatic carbocycles. The summed E-state index contributed by atoms with van der Waals surface area (Å²) in [6.07, 6.45) is 3.83. The van der Waals surface area contributed by atoms with Crippen molar-refractivity contribution in [3.63, 3.8) is 0 Å². The van der Waals surface area contributed by atoms with E-state index in [0.717, 1.165) is 47.7 Å². The number of carbonyl (C=O) groups is 1. The Hall–Kier alpha value is -3.66. The highest BCUT2D eigenvalue weighted by molar-refractivity contribution is 5.76. The molecule has 1 aromatic carbocycles. The molecule has 2 aromatic heterocycles. The van der Waals surface area contributed by atoms with Gasteiger partial charge in [-0.05, 0) is 66.3 Å². The van der Waals surface area contributed by atoms with Gasteiger partial charge >= 0.3 is 0 Å². The number of nitrogens with zero attached hydrogens (tertiary/aromatic N) is 4. The lowest BCUT2D eigenvalue weighted by Crippen LogP contribution is -2.15. The molecule has 0 amide bonds. The number of rotatable bonds is 9. The van der Waals surface area contributed by atoms with Crippen molar-refractivity contribution in [1.82, 2.24) is 14.8 Å². The fourth-order valence-electron chi connectivity index (χ4n) is 4.87. The molecular formula is C30H37N5O2. The van der Waals surface area contributed by atoms with Crippen LogP contribution in [0.4, 0.5) is 5.82 Å². The van der Waals surface area contributed by atoms with Gasteiger partial charge in [-0.2, -0.15) is 10.4 Å². The van der Waals surface area contributed by atoms with Gasteiger partial charge in [0.2, 0.25) is 5.88 Å². The lowest BCUT2D eigenvalue weighted by atomic mass is 9.81. The van der Waals surface area contributed by atoms with Crippen LogP contribution in [0.25, 0.3) is 0 Å². The Labute approximate surface area is 219 Å². The van der Waals surface area contributed by atoms with Gasteiger partial charge in [-0.15, -0.1) is 0 Å². The molecule has 0 radical (unpaired) electrons. The first kappa shape index (κ1) is 26.4. The van der Waals surface area contributed by atoms with Crippen molar-refractivity contribution in [2.45, 2.75) is 71.1 Å². The maximum Gasteiger partial charge on any atom is 0.211 e. The first-order valence-electron chi connectivity index (χ1n) is 13.1. The highest BCUT2D eigenvalue weighted by atomic mass is 16.5. The van der Waals surface area contributed by atoms with Gasteiger partial charge in [-0.25, -0.2) is 9.67 Å². The number of ketones is 1. The summed E-state index contributed by atoms with van der Waals surface area (Å²) in [5, 5.41) is 17.8. The summed E-state index contributed by atoms with van der Waals surface area (Å²) in [6.45, 7) is 9.51. The molecule has 0 saturated heterocycles. The van der Waals surface area contributed by atoms with E-state index in [9.17, 15) is 10.1 Å². The fourth-order valence-corrected chi connectivity index (χ4v) is 4.87. The largest absolute Gasteiger partial charge is 0.477 e. The van der Waals surface area contributed by atoms with Crippen LogP contribution >= 0.6 is 0 Å². The molecule has 1 aliphatic rings. The van der Waals surface area contributed by atoms with Crippen LogP contribution in [0.5, 0.6) is 5.88 Å².